The van der Waals surface area contributed by atoms with Gasteiger partial charge < -0.3 is 4.74 Å². The van der Waals surface area contributed by atoms with Crippen LogP contribution in [-0.2, 0) is 6.42 Å². The number of hydrogen-bond acceptors (Lipinski definition) is 3. The van der Waals surface area contributed by atoms with Crippen LogP contribution < -0.4 is 4.74 Å². The first kappa shape index (κ1) is 12.3. The fourth-order valence-electron chi connectivity index (χ4n) is 1.000. The van der Waals surface area contributed by atoms with Crippen LogP contribution in [0.4, 0.5) is 8.78 Å². The number of nitrogens with zero attached hydrogens (tertiary/aromatic N) is 2. The van der Waals surface area contributed by atoms with E-state index in [1.54, 1.807) is 0 Å². The van der Waals surface area contributed by atoms with Crippen molar-refractivity contribution in [2.24, 2.45) is 0 Å². The van der Waals surface area contributed by atoms with Crippen molar-refractivity contribution in [3.8, 4) is 5.88 Å². The molecule has 3 nitrogen and oxygen atoms in total. The van der Waals surface area contributed by atoms with Crippen LogP contribution in [0.25, 0.3) is 0 Å². The first-order valence-electron chi connectivity index (χ1n) is 4.56. The minimum atomic E-state index is -2.49. The van der Waals surface area contributed by atoms with Crippen molar-refractivity contribution in [2.75, 3.05) is 6.61 Å². The lowest BCUT2D eigenvalue weighted by Crippen LogP contribution is -2.09. The molecule has 0 unspecified atom stereocenters. The fraction of sp³-hybridized carbons (Fsp3) is 0.556. The summed E-state index contributed by atoms with van der Waals surface area (Å²) < 4.78 is 29.1. The van der Waals surface area contributed by atoms with Gasteiger partial charge in [-0.25, -0.2) is 13.8 Å². The van der Waals surface area contributed by atoms with Gasteiger partial charge in [-0.05, 0) is 22.4 Å². The predicted octanol–water partition coefficient (Wildman–Crippen LogP) is 2.84. The SMILES string of the molecule is CCCc1nc(Br)cc(OCC(F)F)n1. The minimum Gasteiger partial charge on any atom is -0.471 e. The molecule has 0 aliphatic heterocycles. The highest BCUT2D eigenvalue weighted by Gasteiger charge is 2.07. The van der Waals surface area contributed by atoms with Gasteiger partial charge in [-0.1, -0.05) is 6.92 Å². The maximum atomic E-state index is 11.9. The van der Waals surface area contributed by atoms with Crippen molar-refractivity contribution < 1.29 is 13.5 Å². The molecule has 15 heavy (non-hydrogen) atoms. The van der Waals surface area contributed by atoms with Gasteiger partial charge in [-0.15, -0.1) is 0 Å². The van der Waals surface area contributed by atoms with Crippen LogP contribution in [0.5, 0.6) is 5.88 Å². The summed E-state index contributed by atoms with van der Waals surface area (Å²) in [7, 11) is 0. The molecule has 0 aliphatic carbocycles. The zero-order valence-corrected chi connectivity index (χ0v) is 9.80. The molecule has 0 N–H and O–H groups in total. The van der Waals surface area contributed by atoms with E-state index in [-0.39, 0.29) is 5.88 Å². The molecule has 1 aromatic rings. The Labute approximate surface area is 95.0 Å². The smallest absolute Gasteiger partial charge is 0.272 e. The third-order valence-electron chi connectivity index (χ3n) is 1.55. The summed E-state index contributed by atoms with van der Waals surface area (Å²) in [5.74, 6) is 0.775. The molecule has 0 saturated heterocycles. The molecule has 6 heteroatoms. The Kier molecular flexibility index (Phi) is 4.87. The molecule has 0 spiro atoms. The lowest BCUT2D eigenvalue weighted by Gasteiger charge is -2.06. The maximum absolute atomic E-state index is 11.9. The normalized spacial score (nSPS) is 10.7. The van der Waals surface area contributed by atoms with Crippen LogP contribution in [0.15, 0.2) is 10.7 Å². The number of hydrogen-bond donors (Lipinski definition) is 0. The summed E-state index contributed by atoms with van der Waals surface area (Å²) in [6.07, 6.45) is -0.900. The lowest BCUT2D eigenvalue weighted by atomic mass is 10.3. The molecule has 1 rings (SSSR count). The molecule has 1 aromatic heterocycles. The average Bonchev–Trinajstić information content (AvgIpc) is 2.14. The summed E-state index contributed by atoms with van der Waals surface area (Å²) in [6, 6.07) is 1.47. The second kappa shape index (κ2) is 5.95. The van der Waals surface area contributed by atoms with Crippen LogP contribution in [-0.4, -0.2) is 23.0 Å². The first-order valence-corrected chi connectivity index (χ1v) is 5.35. The van der Waals surface area contributed by atoms with E-state index in [0.717, 1.165) is 6.42 Å². The van der Waals surface area contributed by atoms with Gasteiger partial charge in [0.15, 0.2) is 6.61 Å². The van der Waals surface area contributed by atoms with Crippen molar-refractivity contribution >= 4 is 15.9 Å². The van der Waals surface area contributed by atoms with Crippen molar-refractivity contribution in [3.05, 3.63) is 16.5 Å². The van der Waals surface area contributed by atoms with Crippen LogP contribution >= 0.6 is 15.9 Å². The average molecular weight is 281 g/mol. The fourth-order valence-corrected chi connectivity index (χ4v) is 1.40. The van der Waals surface area contributed by atoms with Crippen molar-refractivity contribution in [1.29, 1.82) is 0 Å². The molecule has 0 saturated carbocycles. The van der Waals surface area contributed by atoms with Crippen molar-refractivity contribution in [3.63, 3.8) is 0 Å². The van der Waals surface area contributed by atoms with E-state index in [9.17, 15) is 8.78 Å². The third kappa shape index (κ3) is 4.51. The Morgan fingerprint density at radius 3 is 2.80 bits per heavy atom. The van der Waals surface area contributed by atoms with Gasteiger partial charge in [0.25, 0.3) is 6.43 Å². The summed E-state index contributed by atoms with van der Waals surface area (Å²) in [6.45, 7) is 1.35. The predicted molar refractivity (Wildman–Crippen MR) is 55.2 cm³/mol. The number of alkyl halides is 2. The highest BCUT2D eigenvalue weighted by molar-refractivity contribution is 9.10. The highest BCUT2D eigenvalue weighted by Crippen LogP contribution is 2.15. The maximum Gasteiger partial charge on any atom is 0.272 e. The Bertz CT molecular complexity index is 323. The molecule has 1 heterocycles. The van der Waals surface area contributed by atoms with E-state index in [1.165, 1.54) is 6.07 Å². The van der Waals surface area contributed by atoms with E-state index < -0.39 is 13.0 Å². The molecule has 0 bridgehead atoms. The largest absolute Gasteiger partial charge is 0.471 e. The van der Waals surface area contributed by atoms with Gasteiger partial charge >= 0.3 is 0 Å². The van der Waals surface area contributed by atoms with Crippen LogP contribution in [0.2, 0.25) is 0 Å². The zero-order valence-electron chi connectivity index (χ0n) is 8.21. The highest BCUT2D eigenvalue weighted by atomic mass is 79.9. The molecule has 0 amide bonds. The second-order valence-electron chi connectivity index (χ2n) is 2.90. The summed E-state index contributed by atoms with van der Waals surface area (Å²) in [4.78, 5) is 8.09. The number of halogens is 3. The molecule has 0 aliphatic rings. The van der Waals surface area contributed by atoms with Crippen molar-refractivity contribution in [1.82, 2.24) is 9.97 Å². The third-order valence-corrected chi connectivity index (χ3v) is 1.95. The topological polar surface area (TPSA) is 35.0 Å². The van der Waals surface area contributed by atoms with E-state index in [4.69, 9.17) is 4.74 Å². The van der Waals surface area contributed by atoms with E-state index >= 15 is 0 Å². The van der Waals surface area contributed by atoms with Gasteiger partial charge in [0, 0.05) is 12.5 Å². The Morgan fingerprint density at radius 1 is 1.47 bits per heavy atom. The van der Waals surface area contributed by atoms with Crippen LogP contribution in [0.1, 0.15) is 19.2 Å². The van der Waals surface area contributed by atoms with Gasteiger partial charge in [0.1, 0.15) is 10.4 Å². The number of aryl methyl sites for hydroxylation is 1. The van der Waals surface area contributed by atoms with E-state index in [2.05, 4.69) is 25.9 Å². The standard InChI is InChI=1S/C9H11BrF2N2O/c1-2-3-8-13-6(10)4-9(14-8)15-5-7(11)12/h4,7H,2-3,5H2,1H3. The van der Waals surface area contributed by atoms with Crippen LogP contribution in [0, 0.1) is 0 Å². The zero-order chi connectivity index (χ0) is 11.3. The summed E-state index contributed by atoms with van der Waals surface area (Å²) >= 11 is 3.17. The Balaban J connectivity index is 2.70. The Morgan fingerprint density at radius 2 is 2.20 bits per heavy atom. The number of rotatable bonds is 5. The Hall–Kier alpha value is -0.780. The molecule has 0 radical (unpaired) electrons. The molecular formula is C9H11BrF2N2O. The number of aromatic nitrogens is 2. The molecule has 0 fully saturated rings. The van der Waals surface area contributed by atoms with E-state index in [1.807, 2.05) is 6.92 Å². The monoisotopic (exact) mass is 280 g/mol. The second-order valence-corrected chi connectivity index (χ2v) is 3.71. The molecular weight excluding hydrogens is 270 g/mol. The summed E-state index contributed by atoms with van der Waals surface area (Å²) in [5.41, 5.74) is 0. The van der Waals surface area contributed by atoms with Gasteiger partial charge in [0.05, 0.1) is 0 Å². The van der Waals surface area contributed by atoms with Gasteiger partial charge in [-0.2, -0.15) is 4.98 Å². The minimum absolute atomic E-state index is 0.181. The van der Waals surface area contributed by atoms with Crippen LogP contribution in [0.3, 0.4) is 0 Å². The summed E-state index contributed by atoms with van der Waals surface area (Å²) in [5, 5.41) is 0. The van der Waals surface area contributed by atoms with Gasteiger partial charge in [-0.3, -0.25) is 0 Å². The van der Waals surface area contributed by atoms with E-state index in [0.29, 0.717) is 16.8 Å². The van der Waals surface area contributed by atoms with Gasteiger partial charge in [0.2, 0.25) is 5.88 Å². The quantitative estimate of drug-likeness (QED) is 0.778. The lowest BCUT2D eigenvalue weighted by molar-refractivity contribution is 0.0793. The molecule has 84 valence electrons. The molecule has 0 aromatic carbocycles. The molecule has 0 atom stereocenters. The first-order chi connectivity index (χ1) is 7.11. The number of ether oxygens (including phenoxy) is 1. The van der Waals surface area contributed by atoms with Crippen molar-refractivity contribution in [2.45, 2.75) is 26.2 Å².